The van der Waals surface area contributed by atoms with Crippen molar-refractivity contribution in [1.29, 1.82) is 0 Å². The van der Waals surface area contributed by atoms with E-state index in [-0.39, 0.29) is 6.10 Å². The number of carbonyl (C=O) groups is 1. The Balaban J connectivity index is 2.19. The summed E-state index contributed by atoms with van der Waals surface area (Å²) in [5, 5.41) is 22.6. The Kier molecular flexibility index (Phi) is 4.52. The third-order valence-corrected chi connectivity index (χ3v) is 4.13. The van der Waals surface area contributed by atoms with Crippen molar-refractivity contribution in [2.24, 2.45) is 0 Å². The molecule has 0 spiro atoms. The highest BCUT2D eigenvalue weighted by Gasteiger charge is 2.16. The quantitative estimate of drug-likeness (QED) is 0.710. The van der Waals surface area contributed by atoms with Crippen molar-refractivity contribution in [3.05, 3.63) is 34.7 Å². The number of nitrogens with one attached hydrogen (secondary N) is 1. The van der Waals surface area contributed by atoms with Gasteiger partial charge in [0.05, 0.1) is 6.10 Å². The van der Waals surface area contributed by atoms with E-state index in [4.69, 9.17) is 0 Å². The number of hydrogen-bond acceptors (Lipinski definition) is 4. The topological polar surface area (TPSA) is 69.6 Å². The van der Waals surface area contributed by atoms with Crippen molar-refractivity contribution < 1.29 is 15.0 Å². The first-order chi connectivity index (χ1) is 9.09. The monoisotopic (exact) mass is 279 g/mol. The maximum absolute atomic E-state index is 11.3. The van der Waals surface area contributed by atoms with Crippen LogP contribution < -0.4 is 5.32 Å². The summed E-state index contributed by atoms with van der Waals surface area (Å²) in [6.45, 7) is 2.92. The predicted molar refractivity (Wildman–Crippen MR) is 76.8 cm³/mol. The van der Waals surface area contributed by atoms with Crippen molar-refractivity contribution >= 4 is 27.4 Å². The molecule has 0 bridgehead atoms. The van der Waals surface area contributed by atoms with E-state index >= 15 is 0 Å². The molecule has 0 fully saturated rings. The molecule has 102 valence electrons. The summed E-state index contributed by atoms with van der Waals surface area (Å²) >= 11 is 1.31. The molecular weight excluding hydrogens is 262 g/mol. The predicted octanol–water partition coefficient (Wildman–Crippen LogP) is 2.46. The Labute approximate surface area is 115 Å². The summed E-state index contributed by atoms with van der Waals surface area (Å²) in [6, 6.07) is 7.71. The summed E-state index contributed by atoms with van der Waals surface area (Å²) in [5.41, 5.74) is 0.832. The molecule has 0 aliphatic rings. The number of benzene rings is 1. The molecule has 19 heavy (non-hydrogen) atoms. The molecular formula is C14H17NO3S. The number of aromatic carboxylic acids is 1. The molecule has 4 nitrogen and oxygen atoms in total. The van der Waals surface area contributed by atoms with E-state index in [9.17, 15) is 15.0 Å². The number of rotatable bonds is 6. The Morgan fingerprint density at radius 3 is 2.84 bits per heavy atom. The van der Waals surface area contributed by atoms with E-state index < -0.39 is 5.97 Å². The van der Waals surface area contributed by atoms with Gasteiger partial charge < -0.3 is 15.5 Å². The first-order valence-corrected chi connectivity index (χ1v) is 7.03. The Morgan fingerprint density at radius 1 is 1.42 bits per heavy atom. The number of hydrogen-bond donors (Lipinski definition) is 3. The van der Waals surface area contributed by atoms with E-state index in [0.29, 0.717) is 24.4 Å². The van der Waals surface area contributed by atoms with Crippen LogP contribution in [0.3, 0.4) is 0 Å². The highest BCUT2D eigenvalue weighted by molar-refractivity contribution is 7.21. The van der Waals surface area contributed by atoms with Crippen molar-refractivity contribution in [2.75, 3.05) is 6.54 Å². The minimum Gasteiger partial charge on any atom is -0.477 e. The van der Waals surface area contributed by atoms with Gasteiger partial charge >= 0.3 is 5.97 Å². The lowest BCUT2D eigenvalue weighted by atomic mass is 10.1. The van der Waals surface area contributed by atoms with Crippen LogP contribution >= 0.6 is 11.3 Å². The van der Waals surface area contributed by atoms with Gasteiger partial charge in [0.15, 0.2) is 0 Å². The average Bonchev–Trinajstić information content (AvgIpc) is 2.73. The molecule has 0 saturated carbocycles. The highest BCUT2D eigenvalue weighted by atomic mass is 32.1. The molecule has 1 aromatic heterocycles. The van der Waals surface area contributed by atoms with Gasteiger partial charge in [-0.15, -0.1) is 11.3 Å². The van der Waals surface area contributed by atoms with Gasteiger partial charge in [-0.05, 0) is 36.9 Å². The van der Waals surface area contributed by atoms with Crippen molar-refractivity contribution in [3.8, 4) is 0 Å². The lowest BCUT2D eigenvalue weighted by molar-refractivity contribution is 0.0701. The van der Waals surface area contributed by atoms with Crippen LogP contribution in [0.4, 0.5) is 0 Å². The molecule has 0 aliphatic carbocycles. The van der Waals surface area contributed by atoms with E-state index in [1.54, 1.807) is 6.92 Å². The maximum atomic E-state index is 11.3. The molecule has 2 rings (SSSR count). The number of fused-ring (bicyclic) bond motifs is 1. The Morgan fingerprint density at radius 2 is 2.16 bits per heavy atom. The molecule has 1 heterocycles. The second kappa shape index (κ2) is 6.14. The largest absolute Gasteiger partial charge is 0.477 e. The molecule has 1 aromatic carbocycles. The van der Waals surface area contributed by atoms with Gasteiger partial charge in [-0.1, -0.05) is 18.2 Å². The Bertz CT molecular complexity index is 577. The van der Waals surface area contributed by atoms with Crippen LogP contribution in [0.1, 0.15) is 28.6 Å². The van der Waals surface area contributed by atoms with Crippen LogP contribution in [0.15, 0.2) is 24.3 Å². The van der Waals surface area contributed by atoms with Gasteiger partial charge in [0.2, 0.25) is 0 Å². The maximum Gasteiger partial charge on any atom is 0.346 e. The number of aliphatic hydroxyl groups is 1. The standard InChI is InChI=1S/C14H17NO3S/c1-9(16)6-7-15-8-11-10-4-2-3-5-12(10)19-13(11)14(17)18/h2-5,9,15-16H,6-8H2,1H3,(H,17,18). The minimum absolute atomic E-state index is 0.342. The summed E-state index contributed by atoms with van der Waals surface area (Å²) in [6.07, 6.45) is 0.315. The zero-order valence-corrected chi connectivity index (χ0v) is 11.5. The number of carboxylic acids is 1. The van der Waals surface area contributed by atoms with Crippen molar-refractivity contribution in [3.63, 3.8) is 0 Å². The molecule has 0 amide bonds. The lowest BCUT2D eigenvalue weighted by Crippen LogP contribution is -2.19. The van der Waals surface area contributed by atoms with E-state index in [1.165, 1.54) is 11.3 Å². The smallest absolute Gasteiger partial charge is 0.346 e. The number of aliphatic hydroxyl groups excluding tert-OH is 1. The minimum atomic E-state index is -0.881. The SMILES string of the molecule is CC(O)CCNCc1c(C(=O)O)sc2ccccc12. The van der Waals surface area contributed by atoms with Crippen molar-refractivity contribution in [1.82, 2.24) is 5.32 Å². The van der Waals surface area contributed by atoms with Crippen LogP contribution in [0, 0.1) is 0 Å². The fourth-order valence-electron chi connectivity index (χ4n) is 1.97. The van der Waals surface area contributed by atoms with Gasteiger partial charge in [-0.3, -0.25) is 0 Å². The van der Waals surface area contributed by atoms with Gasteiger partial charge in [-0.25, -0.2) is 4.79 Å². The molecule has 3 N–H and O–H groups in total. The van der Waals surface area contributed by atoms with Gasteiger partial charge in [0.1, 0.15) is 4.88 Å². The fraction of sp³-hybridized carbons (Fsp3) is 0.357. The Hall–Kier alpha value is -1.43. The van der Waals surface area contributed by atoms with Crippen LogP contribution in [0.25, 0.3) is 10.1 Å². The first kappa shape index (κ1) is 14.0. The zero-order valence-electron chi connectivity index (χ0n) is 10.7. The third kappa shape index (κ3) is 3.32. The summed E-state index contributed by atoms with van der Waals surface area (Å²) in [7, 11) is 0. The van der Waals surface area contributed by atoms with Crippen LogP contribution in [-0.4, -0.2) is 28.8 Å². The zero-order chi connectivity index (χ0) is 13.8. The molecule has 1 unspecified atom stereocenters. The second-order valence-electron chi connectivity index (χ2n) is 4.53. The van der Waals surface area contributed by atoms with Crippen LogP contribution in [-0.2, 0) is 6.54 Å². The lowest BCUT2D eigenvalue weighted by Gasteiger charge is -2.07. The highest BCUT2D eigenvalue weighted by Crippen LogP contribution is 2.31. The average molecular weight is 279 g/mol. The van der Waals surface area contributed by atoms with Crippen molar-refractivity contribution in [2.45, 2.75) is 26.0 Å². The van der Waals surface area contributed by atoms with E-state index in [1.807, 2.05) is 24.3 Å². The summed E-state index contributed by atoms with van der Waals surface area (Å²) in [4.78, 5) is 11.7. The molecule has 1 atom stereocenters. The fourth-order valence-corrected chi connectivity index (χ4v) is 3.03. The normalized spacial score (nSPS) is 12.7. The third-order valence-electron chi connectivity index (χ3n) is 2.93. The molecule has 2 aromatic rings. The number of thiophene rings is 1. The van der Waals surface area contributed by atoms with Crippen LogP contribution in [0.2, 0.25) is 0 Å². The van der Waals surface area contributed by atoms with Gasteiger partial charge in [0, 0.05) is 11.2 Å². The summed E-state index contributed by atoms with van der Waals surface area (Å²) < 4.78 is 0.993. The van der Waals surface area contributed by atoms with Gasteiger partial charge in [-0.2, -0.15) is 0 Å². The first-order valence-electron chi connectivity index (χ1n) is 6.22. The van der Waals surface area contributed by atoms with Crippen LogP contribution in [0.5, 0.6) is 0 Å². The molecule has 0 saturated heterocycles. The molecule has 0 radical (unpaired) electrons. The molecule has 5 heteroatoms. The number of carboxylic acid groups (broad SMARTS) is 1. The van der Waals surface area contributed by atoms with Gasteiger partial charge in [0.25, 0.3) is 0 Å². The van der Waals surface area contributed by atoms with E-state index in [0.717, 1.165) is 15.6 Å². The second-order valence-corrected chi connectivity index (χ2v) is 5.58. The summed E-state index contributed by atoms with van der Waals surface area (Å²) in [5.74, 6) is -0.881. The molecule has 0 aliphatic heterocycles. The van der Waals surface area contributed by atoms with E-state index in [2.05, 4.69) is 5.32 Å².